The molecule has 0 atom stereocenters. The SMILES string of the molecule is O=C=Nc1ccc(CS(=O)(=O)CCO)cc1. The van der Waals surface area contributed by atoms with Crippen LogP contribution in [0.25, 0.3) is 0 Å². The van der Waals surface area contributed by atoms with Crippen molar-refractivity contribution in [2.45, 2.75) is 5.75 Å². The molecule has 5 nitrogen and oxygen atoms in total. The van der Waals surface area contributed by atoms with Gasteiger partial charge < -0.3 is 5.11 Å². The van der Waals surface area contributed by atoms with Crippen LogP contribution in [0.15, 0.2) is 29.3 Å². The second-order valence-electron chi connectivity index (χ2n) is 3.19. The molecule has 86 valence electrons. The smallest absolute Gasteiger partial charge is 0.240 e. The second-order valence-corrected chi connectivity index (χ2v) is 5.37. The van der Waals surface area contributed by atoms with Crippen molar-refractivity contribution in [1.29, 1.82) is 0 Å². The normalized spacial score (nSPS) is 10.8. The van der Waals surface area contributed by atoms with Crippen LogP contribution >= 0.6 is 0 Å². The van der Waals surface area contributed by atoms with Crippen LogP contribution in [0, 0.1) is 0 Å². The van der Waals surface area contributed by atoms with Crippen LogP contribution in [-0.4, -0.2) is 32.0 Å². The Bertz CT molecular complexity index is 486. The molecular formula is C10H11NO4S. The van der Waals surface area contributed by atoms with Gasteiger partial charge in [0.05, 0.1) is 23.8 Å². The minimum absolute atomic E-state index is 0.126. The molecular weight excluding hydrogens is 230 g/mol. The maximum Gasteiger partial charge on any atom is 0.240 e. The highest BCUT2D eigenvalue weighted by molar-refractivity contribution is 7.90. The van der Waals surface area contributed by atoms with E-state index in [1.54, 1.807) is 12.1 Å². The molecule has 0 radical (unpaired) electrons. The molecule has 0 saturated heterocycles. The first-order valence-electron chi connectivity index (χ1n) is 4.55. The minimum Gasteiger partial charge on any atom is -0.395 e. The molecule has 1 aromatic rings. The summed E-state index contributed by atoms with van der Waals surface area (Å²) < 4.78 is 22.7. The zero-order chi connectivity index (χ0) is 12.0. The number of aliphatic imine (C=N–C) groups is 1. The molecule has 16 heavy (non-hydrogen) atoms. The first-order valence-corrected chi connectivity index (χ1v) is 6.37. The topological polar surface area (TPSA) is 83.8 Å². The van der Waals surface area contributed by atoms with Crippen molar-refractivity contribution in [2.75, 3.05) is 12.4 Å². The van der Waals surface area contributed by atoms with Gasteiger partial charge in [0.25, 0.3) is 0 Å². The lowest BCUT2D eigenvalue weighted by molar-refractivity contribution is 0.319. The van der Waals surface area contributed by atoms with Gasteiger partial charge in [0, 0.05) is 0 Å². The number of hydrogen-bond acceptors (Lipinski definition) is 5. The molecule has 1 rings (SSSR count). The first kappa shape index (κ1) is 12.6. The van der Waals surface area contributed by atoms with Crippen LogP contribution in [0.1, 0.15) is 5.56 Å². The van der Waals surface area contributed by atoms with Gasteiger partial charge in [-0.2, -0.15) is 4.99 Å². The van der Waals surface area contributed by atoms with E-state index in [2.05, 4.69) is 4.99 Å². The van der Waals surface area contributed by atoms with Crippen LogP contribution < -0.4 is 0 Å². The van der Waals surface area contributed by atoms with Gasteiger partial charge in [-0.05, 0) is 17.7 Å². The Morgan fingerprint density at radius 1 is 1.25 bits per heavy atom. The molecule has 0 saturated carbocycles. The van der Waals surface area contributed by atoms with Crippen molar-refractivity contribution in [3.8, 4) is 0 Å². The first-order chi connectivity index (χ1) is 7.57. The van der Waals surface area contributed by atoms with Gasteiger partial charge in [0.1, 0.15) is 0 Å². The molecule has 0 spiro atoms. The summed E-state index contributed by atoms with van der Waals surface area (Å²) in [7, 11) is -3.27. The van der Waals surface area contributed by atoms with E-state index in [0.29, 0.717) is 11.3 Å². The Balaban J connectivity index is 2.80. The molecule has 6 heteroatoms. The molecule has 0 bridgehead atoms. The molecule has 0 amide bonds. The number of sulfone groups is 1. The number of aliphatic hydroxyl groups is 1. The molecule has 0 fully saturated rings. The monoisotopic (exact) mass is 241 g/mol. The van der Waals surface area contributed by atoms with Crippen LogP contribution in [0.4, 0.5) is 5.69 Å². The van der Waals surface area contributed by atoms with Crippen LogP contribution in [0.3, 0.4) is 0 Å². The van der Waals surface area contributed by atoms with E-state index >= 15 is 0 Å². The van der Waals surface area contributed by atoms with Gasteiger partial charge in [-0.3, -0.25) is 0 Å². The third kappa shape index (κ3) is 3.94. The van der Waals surface area contributed by atoms with Gasteiger partial charge in [0.2, 0.25) is 6.08 Å². The van der Waals surface area contributed by atoms with Gasteiger partial charge in [-0.1, -0.05) is 12.1 Å². The van der Waals surface area contributed by atoms with Crippen molar-refractivity contribution in [3.63, 3.8) is 0 Å². The van der Waals surface area contributed by atoms with E-state index in [4.69, 9.17) is 5.11 Å². The van der Waals surface area contributed by atoms with E-state index < -0.39 is 9.84 Å². The fraction of sp³-hybridized carbons (Fsp3) is 0.300. The number of aliphatic hydroxyl groups excluding tert-OH is 1. The van der Waals surface area contributed by atoms with Crippen molar-refractivity contribution in [2.24, 2.45) is 4.99 Å². The highest BCUT2D eigenvalue weighted by Gasteiger charge is 2.10. The highest BCUT2D eigenvalue weighted by Crippen LogP contribution is 2.14. The highest BCUT2D eigenvalue weighted by atomic mass is 32.2. The molecule has 0 aromatic heterocycles. The predicted molar refractivity (Wildman–Crippen MR) is 58.8 cm³/mol. The van der Waals surface area contributed by atoms with Crippen LogP contribution in [0.2, 0.25) is 0 Å². The van der Waals surface area contributed by atoms with Crippen molar-refractivity contribution in [3.05, 3.63) is 29.8 Å². The number of nitrogens with zero attached hydrogens (tertiary/aromatic N) is 1. The number of isocyanates is 1. The minimum atomic E-state index is -3.27. The number of rotatable bonds is 5. The molecule has 0 unspecified atom stereocenters. The zero-order valence-electron chi connectivity index (χ0n) is 8.46. The maximum absolute atomic E-state index is 11.4. The Kier molecular flexibility index (Phi) is 4.37. The molecule has 0 aliphatic carbocycles. The predicted octanol–water partition coefficient (Wildman–Crippen LogP) is 0.561. The van der Waals surface area contributed by atoms with E-state index in [9.17, 15) is 13.2 Å². The fourth-order valence-electron chi connectivity index (χ4n) is 1.18. The lowest BCUT2D eigenvalue weighted by atomic mass is 10.2. The number of hydrogen-bond donors (Lipinski definition) is 1. The van der Waals surface area contributed by atoms with E-state index in [0.717, 1.165) is 0 Å². The maximum atomic E-state index is 11.4. The summed E-state index contributed by atoms with van der Waals surface area (Å²) in [6.07, 6.45) is 1.40. The molecule has 0 heterocycles. The quantitative estimate of drug-likeness (QED) is 0.603. The third-order valence-electron chi connectivity index (χ3n) is 1.90. The fourth-order valence-corrected chi connectivity index (χ4v) is 2.31. The Morgan fingerprint density at radius 2 is 1.88 bits per heavy atom. The number of carbonyl (C=O) groups excluding carboxylic acids is 1. The van der Waals surface area contributed by atoms with E-state index in [1.165, 1.54) is 18.2 Å². The Hall–Kier alpha value is -1.49. The lowest BCUT2D eigenvalue weighted by Gasteiger charge is -2.02. The second kappa shape index (κ2) is 5.55. The van der Waals surface area contributed by atoms with Crippen LogP contribution in [-0.2, 0) is 20.4 Å². The summed E-state index contributed by atoms with van der Waals surface area (Å²) >= 11 is 0. The van der Waals surface area contributed by atoms with Gasteiger partial charge in [0.15, 0.2) is 9.84 Å². The summed E-state index contributed by atoms with van der Waals surface area (Å²) in [6.45, 7) is -0.379. The van der Waals surface area contributed by atoms with Crippen molar-refractivity contribution < 1.29 is 18.3 Å². The average molecular weight is 241 g/mol. The zero-order valence-corrected chi connectivity index (χ0v) is 9.27. The summed E-state index contributed by atoms with van der Waals surface area (Å²) in [5, 5.41) is 8.56. The van der Waals surface area contributed by atoms with Crippen LogP contribution in [0.5, 0.6) is 0 Å². The summed E-state index contributed by atoms with van der Waals surface area (Å²) in [5.74, 6) is -0.375. The molecule has 0 aliphatic heterocycles. The van der Waals surface area contributed by atoms with E-state index in [-0.39, 0.29) is 18.1 Å². The lowest BCUT2D eigenvalue weighted by Crippen LogP contribution is -2.12. The Labute approximate surface area is 93.4 Å². The number of benzene rings is 1. The Morgan fingerprint density at radius 3 is 2.38 bits per heavy atom. The largest absolute Gasteiger partial charge is 0.395 e. The van der Waals surface area contributed by atoms with Gasteiger partial charge >= 0.3 is 0 Å². The van der Waals surface area contributed by atoms with Crippen molar-refractivity contribution >= 4 is 21.6 Å². The third-order valence-corrected chi connectivity index (χ3v) is 3.48. The van der Waals surface area contributed by atoms with Crippen molar-refractivity contribution in [1.82, 2.24) is 0 Å². The summed E-state index contributed by atoms with van der Waals surface area (Å²) in [6, 6.07) is 6.22. The average Bonchev–Trinajstić information content (AvgIpc) is 2.21. The van der Waals surface area contributed by atoms with Gasteiger partial charge in [-0.15, -0.1) is 0 Å². The molecule has 1 aromatic carbocycles. The van der Waals surface area contributed by atoms with E-state index in [1.807, 2.05) is 0 Å². The summed E-state index contributed by atoms with van der Waals surface area (Å²) in [5.41, 5.74) is 1.02. The molecule has 0 aliphatic rings. The molecule has 1 N–H and O–H groups in total. The summed E-state index contributed by atoms with van der Waals surface area (Å²) in [4.78, 5) is 13.3. The van der Waals surface area contributed by atoms with Gasteiger partial charge in [-0.25, -0.2) is 13.2 Å². The standard InChI is InChI=1S/C10H11NO4S/c12-5-6-16(14,15)7-9-1-3-10(4-2-9)11-8-13/h1-4,12H,5-7H2.